The van der Waals surface area contributed by atoms with E-state index < -0.39 is 0 Å². The lowest BCUT2D eigenvalue weighted by Gasteiger charge is -2.33. The molecule has 9 nitrogen and oxygen atoms in total. The molecule has 4 aromatic rings. The van der Waals surface area contributed by atoms with Crippen molar-refractivity contribution in [2.45, 2.75) is 6.42 Å². The number of hydrogen-bond donors (Lipinski definition) is 1. The van der Waals surface area contributed by atoms with Crippen LogP contribution in [0.3, 0.4) is 0 Å². The molecule has 0 radical (unpaired) electrons. The molecule has 9 heteroatoms. The first kappa shape index (κ1) is 21.0. The van der Waals surface area contributed by atoms with Gasteiger partial charge in [0.05, 0.1) is 12.6 Å². The van der Waals surface area contributed by atoms with Crippen molar-refractivity contribution in [3.05, 3.63) is 60.6 Å². The second-order valence-electron chi connectivity index (χ2n) is 8.45. The van der Waals surface area contributed by atoms with E-state index in [0.717, 1.165) is 59.6 Å². The zero-order chi connectivity index (χ0) is 22.8. The zero-order valence-corrected chi connectivity index (χ0v) is 18.8. The summed E-state index contributed by atoms with van der Waals surface area (Å²) in [6.07, 6.45) is 5.68. The Morgan fingerprint density at radius 2 is 1.85 bits per heavy atom. The average Bonchev–Trinajstić information content (AvgIpc) is 3.25. The fraction of sp³-hybridized carbons (Fsp3) is 0.292. The number of carbonyl (C=O) groups excluding carboxylic acids is 1. The smallest absolute Gasteiger partial charge is 0.229 e. The molecule has 4 heterocycles. The third-order valence-electron chi connectivity index (χ3n) is 5.89. The van der Waals surface area contributed by atoms with Crippen LogP contribution in [0, 0.1) is 0 Å². The number of piperazine rings is 1. The maximum absolute atomic E-state index is 12.7. The van der Waals surface area contributed by atoms with Crippen molar-refractivity contribution in [2.24, 2.45) is 7.05 Å². The van der Waals surface area contributed by atoms with Crippen LogP contribution in [0.1, 0.15) is 5.56 Å². The fourth-order valence-electron chi connectivity index (χ4n) is 4.00. The number of anilines is 2. The molecule has 0 saturated carbocycles. The second-order valence-corrected chi connectivity index (χ2v) is 8.45. The normalized spacial score (nSPS) is 14.5. The lowest BCUT2D eigenvalue weighted by atomic mass is 10.1. The Morgan fingerprint density at radius 1 is 1.00 bits per heavy atom. The Labute approximate surface area is 192 Å². The van der Waals surface area contributed by atoms with Gasteiger partial charge in [0.1, 0.15) is 17.3 Å². The number of aryl methyl sites for hydroxylation is 1. The van der Waals surface area contributed by atoms with Gasteiger partial charge >= 0.3 is 0 Å². The number of pyridine rings is 2. The van der Waals surface area contributed by atoms with Gasteiger partial charge in [-0.05, 0) is 42.3 Å². The first-order valence-electron chi connectivity index (χ1n) is 11.0. The number of benzene rings is 1. The molecule has 168 valence electrons. The molecule has 0 bridgehead atoms. The molecular formula is C24H26N8O. The molecule has 1 aliphatic heterocycles. The van der Waals surface area contributed by atoms with Gasteiger partial charge in [0, 0.05) is 56.6 Å². The molecule has 1 fully saturated rings. The summed E-state index contributed by atoms with van der Waals surface area (Å²) in [5.74, 6) is 1.34. The highest BCUT2D eigenvalue weighted by molar-refractivity contribution is 5.94. The van der Waals surface area contributed by atoms with Crippen molar-refractivity contribution < 1.29 is 4.79 Å². The van der Waals surface area contributed by atoms with Gasteiger partial charge in [0.15, 0.2) is 0 Å². The van der Waals surface area contributed by atoms with E-state index in [0.29, 0.717) is 5.82 Å². The van der Waals surface area contributed by atoms with Crippen LogP contribution in [-0.2, 0) is 18.3 Å². The molecule has 1 amide bonds. The van der Waals surface area contributed by atoms with Gasteiger partial charge in [0.2, 0.25) is 5.91 Å². The summed E-state index contributed by atoms with van der Waals surface area (Å²) >= 11 is 0. The number of carbonyl (C=O) groups is 1. The van der Waals surface area contributed by atoms with E-state index in [2.05, 4.69) is 42.4 Å². The standard InChI is InChI=1S/C24H26N8O/c1-30-7-9-32(10-8-30)23-11-17(5-6-25-23)12-24(33)27-22-14-20-13-18(3-4-19(20)15-26-22)21-16-31(2)29-28-21/h3-6,11,13-16H,7-10,12H2,1-2H3,(H,26,27,33). The van der Waals surface area contributed by atoms with Crippen molar-refractivity contribution in [3.63, 3.8) is 0 Å². The maximum atomic E-state index is 12.7. The maximum Gasteiger partial charge on any atom is 0.229 e. The average molecular weight is 443 g/mol. The first-order chi connectivity index (χ1) is 16.0. The van der Waals surface area contributed by atoms with Crippen molar-refractivity contribution in [3.8, 4) is 11.3 Å². The SMILES string of the molecule is CN1CCN(c2cc(CC(=O)Nc3cc4cc(-c5cn(C)nn5)ccc4cn3)ccn2)CC1. The van der Waals surface area contributed by atoms with Gasteiger partial charge in [-0.25, -0.2) is 9.97 Å². The van der Waals surface area contributed by atoms with Gasteiger partial charge in [-0.1, -0.05) is 17.3 Å². The Hall–Kier alpha value is -3.85. The van der Waals surface area contributed by atoms with E-state index in [1.165, 1.54) is 0 Å². The predicted molar refractivity (Wildman–Crippen MR) is 128 cm³/mol. The minimum absolute atomic E-state index is 0.109. The van der Waals surface area contributed by atoms with Crippen LogP contribution in [-0.4, -0.2) is 69.0 Å². The molecular weight excluding hydrogens is 416 g/mol. The molecule has 33 heavy (non-hydrogen) atoms. The van der Waals surface area contributed by atoms with Gasteiger partial charge < -0.3 is 15.1 Å². The number of fused-ring (bicyclic) bond motifs is 1. The van der Waals surface area contributed by atoms with Crippen molar-refractivity contribution in [2.75, 3.05) is 43.4 Å². The highest BCUT2D eigenvalue weighted by Crippen LogP contribution is 2.24. The molecule has 1 N–H and O–H groups in total. The van der Waals surface area contributed by atoms with Crippen LogP contribution < -0.4 is 10.2 Å². The lowest BCUT2D eigenvalue weighted by molar-refractivity contribution is -0.115. The molecule has 1 saturated heterocycles. The number of hydrogen-bond acceptors (Lipinski definition) is 7. The summed E-state index contributed by atoms with van der Waals surface area (Å²) < 4.78 is 1.67. The Balaban J connectivity index is 1.28. The molecule has 3 aromatic heterocycles. The summed E-state index contributed by atoms with van der Waals surface area (Å²) in [6.45, 7) is 3.91. The van der Waals surface area contributed by atoms with Crippen molar-refractivity contribution in [1.82, 2.24) is 29.9 Å². The number of likely N-dealkylation sites (N-methyl/N-ethyl adjacent to an activating group) is 1. The monoisotopic (exact) mass is 442 g/mol. The van der Waals surface area contributed by atoms with E-state index in [1.54, 1.807) is 17.1 Å². The number of nitrogens with zero attached hydrogens (tertiary/aromatic N) is 7. The van der Waals surface area contributed by atoms with Gasteiger partial charge in [-0.15, -0.1) is 5.10 Å². The van der Waals surface area contributed by atoms with E-state index in [1.807, 2.05) is 49.6 Å². The Kier molecular flexibility index (Phi) is 5.70. The molecule has 0 unspecified atom stereocenters. The molecule has 1 aromatic carbocycles. The fourth-order valence-corrected chi connectivity index (χ4v) is 4.00. The molecule has 5 rings (SSSR count). The van der Waals surface area contributed by atoms with Crippen LogP contribution >= 0.6 is 0 Å². The van der Waals surface area contributed by atoms with Crippen molar-refractivity contribution in [1.29, 1.82) is 0 Å². The number of nitrogens with one attached hydrogen (secondary N) is 1. The topological polar surface area (TPSA) is 92.1 Å². The number of aromatic nitrogens is 5. The van der Waals surface area contributed by atoms with Gasteiger partial charge in [-0.3, -0.25) is 9.48 Å². The summed E-state index contributed by atoms with van der Waals surface area (Å²) in [5.41, 5.74) is 2.70. The Bertz CT molecular complexity index is 1290. The highest BCUT2D eigenvalue weighted by Gasteiger charge is 2.16. The second kappa shape index (κ2) is 8.95. The quantitative estimate of drug-likeness (QED) is 0.507. The van der Waals surface area contributed by atoms with E-state index in [9.17, 15) is 4.79 Å². The number of amides is 1. The summed E-state index contributed by atoms with van der Waals surface area (Å²) in [7, 11) is 3.97. The molecule has 0 atom stereocenters. The largest absolute Gasteiger partial charge is 0.354 e. The first-order valence-corrected chi connectivity index (χ1v) is 11.0. The molecule has 0 spiro atoms. The number of rotatable bonds is 5. The minimum Gasteiger partial charge on any atom is -0.354 e. The predicted octanol–water partition coefficient (Wildman–Crippen LogP) is 2.36. The van der Waals surface area contributed by atoms with E-state index in [-0.39, 0.29) is 12.3 Å². The van der Waals surface area contributed by atoms with Crippen LogP contribution in [0.4, 0.5) is 11.6 Å². The minimum atomic E-state index is -0.109. The molecule has 1 aliphatic rings. The highest BCUT2D eigenvalue weighted by atomic mass is 16.1. The zero-order valence-electron chi connectivity index (χ0n) is 18.8. The third-order valence-corrected chi connectivity index (χ3v) is 5.89. The van der Waals surface area contributed by atoms with Crippen LogP contribution in [0.15, 0.2) is 55.0 Å². The van der Waals surface area contributed by atoms with Crippen LogP contribution in [0.2, 0.25) is 0 Å². The van der Waals surface area contributed by atoms with E-state index in [4.69, 9.17) is 0 Å². The third kappa shape index (κ3) is 4.83. The van der Waals surface area contributed by atoms with Crippen LogP contribution in [0.5, 0.6) is 0 Å². The van der Waals surface area contributed by atoms with Gasteiger partial charge in [-0.2, -0.15) is 0 Å². The summed E-state index contributed by atoms with van der Waals surface area (Å²) in [5, 5.41) is 13.1. The van der Waals surface area contributed by atoms with Crippen molar-refractivity contribution >= 4 is 28.3 Å². The lowest BCUT2D eigenvalue weighted by Crippen LogP contribution is -2.44. The van der Waals surface area contributed by atoms with Crippen LogP contribution in [0.25, 0.3) is 22.0 Å². The molecule has 0 aliphatic carbocycles. The Morgan fingerprint density at radius 3 is 2.64 bits per heavy atom. The van der Waals surface area contributed by atoms with Gasteiger partial charge in [0.25, 0.3) is 0 Å². The van der Waals surface area contributed by atoms with E-state index >= 15 is 0 Å². The summed E-state index contributed by atoms with van der Waals surface area (Å²) in [6, 6.07) is 11.8. The summed E-state index contributed by atoms with van der Waals surface area (Å²) in [4.78, 5) is 26.2.